The van der Waals surface area contributed by atoms with Gasteiger partial charge < -0.3 is 4.74 Å². The van der Waals surface area contributed by atoms with E-state index in [1.807, 2.05) is 43.3 Å². The van der Waals surface area contributed by atoms with Gasteiger partial charge in [0.15, 0.2) is 0 Å². The molecule has 1 fully saturated rings. The molecule has 1 aliphatic rings. The zero-order chi connectivity index (χ0) is 20.7. The first-order chi connectivity index (χ1) is 13.2. The minimum atomic E-state index is -0.558. The largest absolute Gasteiger partial charge is 0.386 e. The molecule has 0 saturated heterocycles. The second-order valence-corrected chi connectivity index (χ2v) is 8.88. The lowest BCUT2D eigenvalue weighted by Gasteiger charge is -2.34. The molecule has 1 aromatic carbocycles. The van der Waals surface area contributed by atoms with E-state index < -0.39 is 11.9 Å². The van der Waals surface area contributed by atoms with Gasteiger partial charge in [-0.25, -0.2) is 9.59 Å². The van der Waals surface area contributed by atoms with Crippen molar-refractivity contribution in [3.63, 3.8) is 0 Å². The van der Waals surface area contributed by atoms with Gasteiger partial charge in [0.2, 0.25) is 0 Å². The zero-order valence-electron chi connectivity index (χ0n) is 18.0. The van der Waals surface area contributed by atoms with Crippen LogP contribution in [0.15, 0.2) is 53.1 Å². The van der Waals surface area contributed by atoms with E-state index >= 15 is 0 Å². The predicted molar refractivity (Wildman–Crippen MR) is 114 cm³/mol. The molecule has 3 nitrogen and oxygen atoms in total. The van der Waals surface area contributed by atoms with E-state index in [0.717, 1.165) is 24.0 Å². The van der Waals surface area contributed by atoms with Crippen LogP contribution in [0.2, 0.25) is 0 Å². The smallest absolute Gasteiger partial charge is 0.341 e. The third kappa shape index (κ3) is 6.19. The summed E-state index contributed by atoms with van der Waals surface area (Å²) in [7, 11) is 0. The Morgan fingerprint density at radius 2 is 1.61 bits per heavy atom. The molecule has 28 heavy (non-hydrogen) atoms. The molecule has 2 rings (SSSR count). The average Bonchev–Trinajstić information content (AvgIpc) is 2.66. The van der Waals surface area contributed by atoms with Crippen LogP contribution in [0, 0.1) is 11.3 Å². The molecule has 1 aromatic rings. The minimum Gasteiger partial charge on any atom is -0.386 e. The molecule has 0 aromatic heterocycles. The van der Waals surface area contributed by atoms with Crippen LogP contribution >= 0.6 is 0 Å². The fourth-order valence-electron chi connectivity index (χ4n) is 4.19. The molecule has 0 bridgehead atoms. The molecule has 152 valence electrons. The van der Waals surface area contributed by atoms with Crippen LogP contribution in [-0.2, 0) is 20.7 Å². The lowest BCUT2D eigenvalue weighted by molar-refractivity contribution is -0.154. The quantitative estimate of drug-likeness (QED) is 0.346. The van der Waals surface area contributed by atoms with Crippen LogP contribution in [0.25, 0.3) is 0 Å². The molecule has 0 unspecified atom stereocenters. The Kier molecular flexibility index (Phi) is 7.79. The maximum absolute atomic E-state index is 12.7. The molecule has 1 saturated carbocycles. The van der Waals surface area contributed by atoms with Gasteiger partial charge in [0.05, 0.1) is 0 Å². The normalized spacial score (nSPS) is 17.1. The Hall–Kier alpha value is -2.16. The molecule has 0 amide bonds. The van der Waals surface area contributed by atoms with Crippen LogP contribution < -0.4 is 0 Å². The predicted octanol–water partition coefficient (Wildman–Crippen LogP) is 6.19. The summed E-state index contributed by atoms with van der Waals surface area (Å²) in [6.07, 6.45) is 8.35. The van der Waals surface area contributed by atoms with Crippen LogP contribution in [0.1, 0.15) is 72.3 Å². The van der Waals surface area contributed by atoms with Gasteiger partial charge in [-0.3, -0.25) is 0 Å². The number of ether oxygens (including phenoxy) is 1. The second-order valence-electron chi connectivity index (χ2n) is 8.88. The Morgan fingerprint density at radius 1 is 1.00 bits per heavy atom. The topological polar surface area (TPSA) is 43.4 Å². The van der Waals surface area contributed by atoms with Gasteiger partial charge in [0.25, 0.3) is 0 Å². The first-order valence-electron chi connectivity index (χ1n) is 10.4. The number of benzene rings is 1. The van der Waals surface area contributed by atoms with E-state index in [4.69, 9.17) is 4.74 Å². The molecule has 0 atom stereocenters. The first kappa shape index (κ1) is 22.1. The molecule has 0 spiro atoms. The SMILES string of the molecule is CC(=CCc1ccccc1)C(=O)OC(=O)C(C)=C(C1CCCCC1)C(C)(C)C. The lowest BCUT2D eigenvalue weighted by Crippen LogP contribution is -2.25. The van der Waals surface area contributed by atoms with Crippen LogP contribution in [-0.4, -0.2) is 11.9 Å². The molecular weight excluding hydrogens is 348 g/mol. The Balaban J connectivity index is 2.11. The van der Waals surface area contributed by atoms with Crippen LogP contribution in [0.5, 0.6) is 0 Å². The molecule has 0 aliphatic heterocycles. The minimum absolute atomic E-state index is 0.119. The highest BCUT2D eigenvalue weighted by Crippen LogP contribution is 2.41. The molecule has 0 heterocycles. The Morgan fingerprint density at radius 3 is 2.18 bits per heavy atom. The van der Waals surface area contributed by atoms with Crippen molar-refractivity contribution in [1.29, 1.82) is 0 Å². The van der Waals surface area contributed by atoms with Gasteiger partial charge in [0.1, 0.15) is 0 Å². The maximum Gasteiger partial charge on any atom is 0.341 e. The van der Waals surface area contributed by atoms with Gasteiger partial charge >= 0.3 is 11.9 Å². The molecule has 0 N–H and O–H groups in total. The summed E-state index contributed by atoms with van der Waals surface area (Å²) < 4.78 is 5.23. The number of carbonyl (C=O) groups excluding carboxylic acids is 2. The zero-order valence-corrected chi connectivity index (χ0v) is 18.0. The Labute approximate surface area is 169 Å². The van der Waals surface area contributed by atoms with E-state index in [1.54, 1.807) is 6.92 Å². The monoisotopic (exact) mass is 382 g/mol. The van der Waals surface area contributed by atoms with Gasteiger partial charge in [0, 0.05) is 11.1 Å². The van der Waals surface area contributed by atoms with Crippen molar-refractivity contribution in [2.75, 3.05) is 0 Å². The van der Waals surface area contributed by atoms with Crippen LogP contribution in [0.4, 0.5) is 0 Å². The summed E-state index contributed by atoms with van der Waals surface area (Å²) in [5, 5.41) is 0. The summed E-state index contributed by atoms with van der Waals surface area (Å²) in [5.41, 5.74) is 3.20. The van der Waals surface area contributed by atoms with Gasteiger partial charge in [-0.2, -0.15) is 0 Å². The summed E-state index contributed by atoms with van der Waals surface area (Å²) in [6.45, 7) is 9.93. The maximum atomic E-state index is 12.7. The van der Waals surface area contributed by atoms with Gasteiger partial charge in [-0.1, -0.05) is 82.0 Å². The molecular formula is C25H34O3. The molecule has 0 radical (unpaired) electrons. The molecule has 3 heteroatoms. The van der Waals surface area contributed by atoms with Crippen molar-refractivity contribution < 1.29 is 14.3 Å². The third-order valence-corrected chi connectivity index (χ3v) is 5.53. The van der Waals surface area contributed by atoms with Gasteiger partial charge in [-0.15, -0.1) is 0 Å². The van der Waals surface area contributed by atoms with Crippen molar-refractivity contribution >= 4 is 11.9 Å². The summed E-state index contributed by atoms with van der Waals surface area (Å²) in [6, 6.07) is 9.91. The fourth-order valence-corrected chi connectivity index (χ4v) is 4.19. The van der Waals surface area contributed by atoms with E-state index in [1.165, 1.54) is 19.3 Å². The highest BCUT2D eigenvalue weighted by Gasteiger charge is 2.31. The number of rotatable bonds is 5. The van der Waals surface area contributed by atoms with E-state index in [-0.39, 0.29) is 5.41 Å². The first-order valence-corrected chi connectivity index (χ1v) is 10.4. The van der Waals surface area contributed by atoms with Crippen molar-refractivity contribution in [3.8, 4) is 0 Å². The molecule has 1 aliphatic carbocycles. The number of hydrogen-bond donors (Lipinski definition) is 0. The number of hydrogen-bond acceptors (Lipinski definition) is 3. The van der Waals surface area contributed by atoms with E-state index in [0.29, 0.717) is 23.5 Å². The van der Waals surface area contributed by atoms with Crippen molar-refractivity contribution in [2.24, 2.45) is 11.3 Å². The second kappa shape index (κ2) is 9.86. The summed E-state index contributed by atoms with van der Waals surface area (Å²) in [4.78, 5) is 25.1. The third-order valence-electron chi connectivity index (χ3n) is 5.53. The number of allylic oxidation sites excluding steroid dienone is 2. The highest BCUT2D eigenvalue weighted by molar-refractivity contribution is 6.01. The van der Waals surface area contributed by atoms with Crippen molar-refractivity contribution in [3.05, 3.63) is 58.7 Å². The lowest BCUT2D eigenvalue weighted by atomic mass is 9.71. The summed E-state index contributed by atoms with van der Waals surface area (Å²) >= 11 is 0. The van der Waals surface area contributed by atoms with Crippen LogP contribution in [0.3, 0.4) is 0 Å². The highest BCUT2D eigenvalue weighted by atomic mass is 16.6. The number of esters is 2. The Bertz CT molecular complexity index is 742. The standard InChI is InChI=1S/C25H34O3/c1-18(16-17-20-12-8-6-9-13-20)23(26)28-24(27)19(2)22(25(3,4)5)21-14-10-7-11-15-21/h6,8-9,12-13,16,21H,7,10-11,14-15,17H2,1-5H3. The fraction of sp³-hybridized carbons (Fsp3) is 0.520. The summed E-state index contributed by atoms with van der Waals surface area (Å²) in [5.74, 6) is -0.656. The number of carbonyl (C=O) groups is 2. The van der Waals surface area contributed by atoms with E-state index in [2.05, 4.69) is 20.8 Å². The van der Waals surface area contributed by atoms with Gasteiger partial charge in [-0.05, 0) is 50.0 Å². The van der Waals surface area contributed by atoms with Crippen molar-refractivity contribution in [1.82, 2.24) is 0 Å². The van der Waals surface area contributed by atoms with E-state index in [9.17, 15) is 9.59 Å². The van der Waals surface area contributed by atoms with Crippen molar-refractivity contribution in [2.45, 2.75) is 73.1 Å². The average molecular weight is 383 g/mol.